The van der Waals surface area contributed by atoms with Crippen LogP contribution >= 0.6 is 0 Å². The Kier molecular flexibility index (Phi) is 5.95. The summed E-state index contributed by atoms with van der Waals surface area (Å²) in [6.07, 6.45) is 0.946. The lowest BCUT2D eigenvalue weighted by atomic mass is 10.2. The predicted molar refractivity (Wildman–Crippen MR) is 89.3 cm³/mol. The standard InChI is InChI=1S/C17H22N4O3/c1-4-14-5-7-15(8-6-14)24-11-17(23)19-18-16(22)10-21-13(3)9-12(2)20-21/h5-9H,4,10-11H2,1-3H3,(H,18,22)(H,19,23). The second kappa shape index (κ2) is 8.14. The van der Waals surface area contributed by atoms with Crippen molar-refractivity contribution in [3.63, 3.8) is 0 Å². The van der Waals surface area contributed by atoms with E-state index in [9.17, 15) is 9.59 Å². The molecule has 0 aliphatic rings. The quantitative estimate of drug-likeness (QED) is 0.782. The molecule has 0 aliphatic heterocycles. The van der Waals surface area contributed by atoms with Gasteiger partial charge in [-0.25, -0.2) is 0 Å². The molecule has 1 aromatic heterocycles. The second-order valence-electron chi connectivity index (χ2n) is 5.47. The van der Waals surface area contributed by atoms with E-state index in [0.717, 1.165) is 17.8 Å². The van der Waals surface area contributed by atoms with Crippen LogP contribution in [0.2, 0.25) is 0 Å². The maximum atomic E-state index is 11.8. The van der Waals surface area contributed by atoms with E-state index in [1.165, 1.54) is 5.56 Å². The molecule has 0 radical (unpaired) electrons. The molecule has 0 spiro atoms. The van der Waals surface area contributed by atoms with Crippen molar-refractivity contribution in [3.05, 3.63) is 47.3 Å². The molecule has 7 heteroatoms. The van der Waals surface area contributed by atoms with Crippen molar-refractivity contribution in [2.75, 3.05) is 6.61 Å². The van der Waals surface area contributed by atoms with Gasteiger partial charge in [0.25, 0.3) is 11.8 Å². The van der Waals surface area contributed by atoms with Gasteiger partial charge >= 0.3 is 0 Å². The molecule has 2 aromatic rings. The topological polar surface area (TPSA) is 85.3 Å². The largest absolute Gasteiger partial charge is 0.484 e. The minimum absolute atomic E-state index is 0.0410. The van der Waals surface area contributed by atoms with Crippen LogP contribution in [-0.2, 0) is 22.6 Å². The maximum absolute atomic E-state index is 11.8. The Morgan fingerprint density at radius 1 is 1.12 bits per heavy atom. The minimum atomic E-state index is -0.434. The molecule has 1 aromatic carbocycles. The molecule has 0 bridgehead atoms. The van der Waals surface area contributed by atoms with Crippen LogP contribution in [0.3, 0.4) is 0 Å². The van der Waals surface area contributed by atoms with Crippen LogP contribution in [-0.4, -0.2) is 28.2 Å². The van der Waals surface area contributed by atoms with Gasteiger partial charge in [-0.15, -0.1) is 0 Å². The molecule has 7 nitrogen and oxygen atoms in total. The fourth-order valence-corrected chi connectivity index (χ4v) is 2.16. The number of hydrogen-bond donors (Lipinski definition) is 2. The van der Waals surface area contributed by atoms with E-state index in [-0.39, 0.29) is 19.1 Å². The van der Waals surface area contributed by atoms with Gasteiger partial charge in [-0.3, -0.25) is 25.1 Å². The van der Waals surface area contributed by atoms with Crippen molar-refractivity contribution >= 4 is 11.8 Å². The number of hydrogen-bond acceptors (Lipinski definition) is 4. The van der Waals surface area contributed by atoms with E-state index in [4.69, 9.17) is 4.74 Å². The molecule has 2 rings (SSSR count). The first-order valence-corrected chi connectivity index (χ1v) is 7.78. The van der Waals surface area contributed by atoms with Gasteiger partial charge in [-0.05, 0) is 44.0 Å². The number of carbonyl (C=O) groups is 2. The number of amides is 2. The number of nitrogens with one attached hydrogen (secondary N) is 2. The SMILES string of the molecule is CCc1ccc(OCC(=O)NNC(=O)Cn2nc(C)cc2C)cc1. The number of hydrazine groups is 1. The minimum Gasteiger partial charge on any atom is -0.484 e. The van der Waals surface area contributed by atoms with Crippen molar-refractivity contribution in [1.82, 2.24) is 20.6 Å². The molecular weight excluding hydrogens is 308 g/mol. The van der Waals surface area contributed by atoms with Gasteiger partial charge in [0, 0.05) is 5.69 Å². The Bertz CT molecular complexity index is 707. The summed E-state index contributed by atoms with van der Waals surface area (Å²) in [5.74, 6) is -0.186. The normalized spacial score (nSPS) is 10.3. The average molecular weight is 330 g/mol. The first kappa shape index (κ1) is 17.5. The van der Waals surface area contributed by atoms with E-state index in [1.54, 1.807) is 4.68 Å². The molecule has 0 atom stereocenters. The first-order valence-electron chi connectivity index (χ1n) is 7.78. The van der Waals surface area contributed by atoms with Gasteiger partial charge in [0.05, 0.1) is 5.69 Å². The average Bonchev–Trinajstić information content (AvgIpc) is 2.88. The molecule has 0 saturated carbocycles. The van der Waals surface area contributed by atoms with Crippen molar-refractivity contribution < 1.29 is 14.3 Å². The van der Waals surface area contributed by atoms with E-state index in [1.807, 2.05) is 44.2 Å². The van der Waals surface area contributed by atoms with E-state index in [2.05, 4.69) is 22.9 Å². The van der Waals surface area contributed by atoms with Crippen LogP contribution in [0.4, 0.5) is 0 Å². The van der Waals surface area contributed by atoms with Gasteiger partial charge in [-0.1, -0.05) is 19.1 Å². The Morgan fingerprint density at radius 3 is 2.38 bits per heavy atom. The zero-order valence-electron chi connectivity index (χ0n) is 14.1. The van der Waals surface area contributed by atoms with Crippen LogP contribution in [0.25, 0.3) is 0 Å². The molecule has 0 unspecified atom stereocenters. The van der Waals surface area contributed by atoms with Crippen molar-refractivity contribution in [3.8, 4) is 5.75 Å². The van der Waals surface area contributed by atoms with Crippen molar-refractivity contribution in [2.45, 2.75) is 33.7 Å². The van der Waals surface area contributed by atoms with E-state index in [0.29, 0.717) is 5.75 Å². The molecular formula is C17H22N4O3. The number of aryl methyl sites for hydroxylation is 3. The summed E-state index contributed by atoms with van der Waals surface area (Å²) in [6, 6.07) is 9.40. The molecule has 128 valence electrons. The number of rotatable bonds is 6. The lowest BCUT2D eigenvalue weighted by Gasteiger charge is -2.09. The highest BCUT2D eigenvalue weighted by atomic mass is 16.5. The lowest BCUT2D eigenvalue weighted by Crippen LogP contribution is -2.45. The summed E-state index contributed by atoms with van der Waals surface area (Å²) in [6.45, 7) is 5.65. The highest BCUT2D eigenvalue weighted by molar-refractivity contribution is 5.82. The summed E-state index contributed by atoms with van der Waals surface area (Å²) in [5.41, 5.74) is 7.58. The Balaban J connectivity index is 1.72. The summed E-state index contributed by atoms with van der Waals surface area (Å²) in [5, 5.41) is 4.19. The van der Waals surface area contributed by atoms with Gasteiger partial charge in [-0.2, -0.15) is 5.10 Å². The molecule has 2 amide bonds. The number of nitrogens with zero attached hydrogens (tertiary/aromatic N) is 2. The predicted octanol–water partition coefficient (Wildman–Crippen LogP) is 1.29. The van der Waals surface area contributed by atoms with E-state index >= 15 is 0 Å². The summed E-state index contributed by atoms with van der Waals surface area (Å²) >= 11 is 0. The van der Waals surface area contributed by atoms with Gasteiger partial charge in [0.2, 0.25) is 0 Å². The second-order valence-corrected chi connectivity index (χ2v) is 5.47. The third kappa shape index (κ3) is 5.12. The highest BCUT2D eigenvalue weighted by Gasteiger charge is 2.09. The molecule has 2 N–H and O–H groups in total. The van der Waals surface area contributed by atoms with Crippen LogP contribution in [0, 0.1) is 13.8 Å². The molecule has 0 fully saturated rings. The van der Waals surface area contributed by atoms with Crippen molar-refractivity contribution in [2.24, 2.45) is 0 Å². The zero-order valence-corrected chi connectivity index (χ0v) is 14.1. The molecule has 24 heavy (non-hydrogen) atoms. The maximum Gasteiger partial charge on any atom is 0.276 e. The number of aromatic nitrogens is 2. The third-order valence-electron chi connectivity index (χ3n) is 3.44. The van der Waals surface area contributed by atoms with Crippen LogP contribution in [0.5, 0.6) is 5.75 Å². The fraction of sp³-hybridized carbons (Fsp3) is 0.353. The Labute approximate surface area is 141 Å². The van der Waals surface area contributed by atoms with Crippen LogP contribution < -0.4 is 15.6 Å². The van der Waals surface area contributed by atoms with E-state index < -0.39 is 5.91 Å². The summed E-state index contributed by atoms with van der Waals surface area (Å²) < 4.78 is 6.93. The fourth-order valence-electron chi connectivity index (χ4n) is 2.16. The molecule has 0 saturated heterocycles. The zero-order chi connectivity index (χ0) is 17.5. The van der Waals surface area contributed by atoms with Gasteiger partial charge in [0.1, 0.15) is 12.3 Å². The lowest BCUT2D eigenvalue weighted by molar-refractivity contribution is -0.130. The number of carbonyl (C=O) groups excluding carboxylic acids is 2. The van der Waals surface area contributed by atoms with Gasteiger partial charge in [0.15, 0.2) is 6.61 Å². The monoisotopic (exact) mass is 330 g/mol. The van der Waals surface area contributed by atoms with Crippen LogP contribution in [0.15, 0.2) is 30.3 Å². The smallest absolute Gasteiger partial charge is 0.276 e. The first-order chi connectivity index (χ1) is 11.5. The molecule has 1 heterocycles. The Hall–Kier alpha value is -2.83. The Morgan fingerprint density at radius 2 is 1.79 bits per heavy atom. The highest BCUT2D eigenvalue weighted by Crippen LogP contribution is 2.12. The summed E-state index contributed by atoms with van der Waals surface area (Å²) in [4.78, 5) is 23.5. The number of ether oxygens (including phenoxy) is 1. The third-order valence-corrected chi connectivity index (χ3v) is 3.44. The van der Waals surface area contributed by atoms with Crippen molar-refractivity contribution in [1.29, 1.82) is 0 Å². The molecule has 0 aliphatic carbocycles. The summed E-state index contributed by atoms with van der Waals surface area (Å²) in [7, 11) is 0. The van der Waals surface area contributed by atoms with Gasteiger partial charge < -0.3 is 4.74 Å². The van der Waals surface area contributed by atoms with Crippen LogP contribution in [0.1, 0.15) is 23.9 Å². The number of benzene rings is 1.